The second kappa shape index (κ2) is 10.2. The number of rotatable bonds is 7. The minimum Gasteiger partial charge on any atom is -0.497 e. The van der Waals surface area contributed by atoms with Crippen LogP contribution in [0.5, 0.6) is 11.5 Å². The van der Waals surface area contributed by atoms with Gasteiger partial charge in [0.05, 0.1) is 19.2 Å². The Balaban J connectivity index is 1.42. The topological polar surface area (TPSA) is 97.7 Å². The summed E-state index contributed by atoms with van der Waals surface area (Å²) in [6, 6.07) is 13.6. The molecule has 1 aliphatic heterocycles. The number of nitrogens with zero attached hydrogens (tertiary/aromatic N) is 3. The van der Waals surface area contributed by atoms with Gasteiger partial charge in [-0.3, -0.25) is 9.79 Å². The van der Waals surface area contributed by atoms with Crippen molar-refractivity contribution in [3.8, 4) is 22.9 Å². The van der Waals surface area contributed by atoms with Crippen LogP contribution in [0.1, 0.15) is 40.0 Å². The van der Waals surface area contributed by atoms with Crippen molar-refractivity contribution in [3.05, 3.63) is 53.6 Å². The largest absolute Gasteiger partial charge is 0.497 e. The number of hydrogen-bond acceptors (Lipinski definition) is 7. The second-order valence-corrected chi connectivity index (χ2v) is 10.6. The molecule has 1 atom stereocenters. The lowest BCUT2D eigenvalue weighted by Crippen LogP contribution is -2.43. The molecule has 2 N–H and O–H groups in total. The molecule has 192 valence electrons. The van der Waals surface area contributed by atoms with Gasteiger partial charge in [-0.2, -0.15) is 0 Å². The van der Waals surface area contributed by atoms with E-state index < -0.39 is 0 Å². The Morgan fingerprint density at radius 2 is 1.97 bits per heavy atom. The molecule has 8 heteroatoms. The van der Waals surface area contributed by atoms with Gasteiger partial charge < -0.3 is 20.1 Å². The van der Waals surface area contributed by atoms with E-state index in [2.05, 4.69) is 15.6 Å². The zero-order valence-corrected chi connectivity index (χ0v) is 21.8. The summed E-state index contributed by atoms with van der Waals surface area (Å²) in [4.78, 5) is 26.4. The molecule has 2 heterocycles. The number of amides is 1. The predicted molar refractivity (Wildman–Crippen MR) is 147 cm³/mol. The summed E-state index contributed by atoms with van der Waals surface area (Å²) < 4.78 is 11.2. The summed E-state index contributed by atoms with van der Waals surface area (Å²) in [5.41, 5.74) is 4.13. The third-order valence-electron chi connectivity index (χ3n) is 6.46. The number of anilines is 1. The molecule has 2 aliphatic rings. The molecule has 0 saturated heterocycles. The van der Waals surface area contributed by atoms with E-state index in [0.29, 0.717) is 11.6 Å². The number of benzene rings is 2. The van der Waals surface area contributed by atoms with Crippen LogP contribution < -0.4 is 20.1 Å². The van der Waals surface area contributed by atoms with E-state index in [0.717, 1.165) is 53.8 Å². The van der Waals surface area contributed by atoms with Gasteiger partial charge in [0.25, 0.3) is 5.91 Å². The lowest BCUT2D eigenvalue weighted by atomic mass is 9.90. The van der Waals surface area contributed by atoms with E-state index in [-0.39, 0.29) is 24.1 Å². The number of ether oxygens (including phenoxy) is 2. The minimum atomic E-state index is -0.311. The Bertz CT molecular complexity index is 1390. The van der Waals surface area contributed by atoms with Crippen molar-refractivity contribution in [1.29, 1.82) is 0 Å². The molecule has 1 amide bonds. The first-order chi connectivity index (χ1) is 17.8. The van der Waals surface area contributed by atoms with Crippen molar-refractivity contribution in [3.63, 3.8) is 0 Å². The summed E-state index contributed by atoms with van der Waals surface area (Å²) in [5.74, 6) is 2.54. The van der Waals surface area contributed by atoms with Crippen LogP contribution >= 0.6 is 0 Å². The normalized spacial score (nSPS) is 17.0. The Morgan fingerprint density at radius 1 is 1.11 bits per heavy atom. The number of methoxy groups -OCH3 is 1. The van der Waals surface area contributed by atoms with Crippen molar-refractivity contribution in [2.45, 2.75) is 51.6 Å². The summed E-state index contributed by atoms with van der Waals surface area (Å²) in [7, 11) is 1.66. The van der Waals surface area contributed by atoms with Gasteiger partial charge in [0.1, 0.15) is 17.3 Å². The van der Waals surface area contributed by atoms with Crippen molar-refractivity contribution in [2.24, 2.45) is 4.99 Å². The molecule has 1 aromatic heterocycles. The van der Waals surface area contributed by atoms with Crippen molar-refractivity contribution < 1.29 is 14.3 Å². The van der Waals surface area contributed by atoms with Crippen molar-refractivity contribution in [2.75, 3.05) is 25.6 Å². The highest BCUT2D eigenvalue weighted by Gasteiger charge is 2.23. The lowest BCUT2D eigenvalue weighted by molar-refractivity contribution is -0.124. The molecule has 2 aromatic carbocycles. The first kappa shape index (κ1) is 24.7. The summed E-state index contributed by atoms with van der Waals surface area (Å²) in [6.07, 6.45) is 5.04. The molecule has 5 rings (SSSR count). The smallest absolute Gasteiger partial charge is 0.258 e. The van der Waals surface area contributed by atoms with Crippen LogP contribution in [0.3, 0.4) is 0 Å². The Labute approximate surface area is 217 Å². The van der Waals surface area contributed by atoms with Gasteiger partial charge in [0.15, 0.2) is 12.4 Å². The van der Waals surface area contributed by atoms with Gasteiger partial charge in [0, 0.05) is 28.7 Å². The van der Waals surface area contributed by atoms with Crippen LogP contribution in [-0.4, -0.2) is 53.9 Å². The van der Waals surface area contributed by atoms with Crippen molar-refractivity contribution in [1.82, 2.24) is 15.3 Å². The summed E-state index contributed by atoms with van der Waals surface area (Å²) in [6.45, 7) is 6.60. The van der Waals surface area contributed by atoms with E-state index >= 15 is 0 Å². The fourth-order valence-electron chi connectivity index (χ4n) is 4.73. The first-order valence-electron chi connectivity index (χ1n) is 12.6. The average Bonchev–Trinajstić information content (AvgIpc) is 3.34. The molecule has 0 spiro atoms. The van der Waals surface area contributed by atoms with Crippen LogP contribution in [0.4, 0.5) is 5.82 Å². The number of nitrogens with one attached hydrogen (secondary N) is 2. The molecule has 1 aliphatic carbocycles. The zero-order valence-electron chi connectivity index (χ0n) is 21.8. The van der Waals surface area contributed by atoms with Crippen LogP contribution in [0.25, 0.3) is 22.3 Å². The van der Waals surface area contributed by atoms with Crippen LogP contribution in [0, 0.1) is 0 Å². The van der Waals surface area contributed by atoms with Gasteiger partial charge in [-0.05, 0) is 81.5 Å². The van der Waals surface area contributed by atoms with Crippen LogP contribution in [-0.2, 0) is 4.79 Å². The van der Waals surface area contributed by atoms with Gasteiger partial charge in [-0.15, -0.1) is 0 Å². The molecule has 3 aromatic rings. The highest BCUT2D eigenvalue weighted by atomic mass is 16.5. The van der Waals surface area contributed by atoms with E-state index in [9.17, 15) is 4.79 Å². The number of aliphatic imine (C=N–C) groups is 1. The molecule has 0 saturated carbocycles. The number of aromatic nitrogens is 2. The van der Waals surface area contributed by atoms with E-state index in [1.165, 1.54) is 11.1 Å². The highest BCUT2D eigenvalue weighted by molar-refractivity contribution is 5.92. The molecule has 8 nitrogen and oxygen atoms in total. The third kappa shape index (κ3) is 5.90. The Morgan fingerprint density at radius 3 is 2.78 bits per heavy atom. The molecule has 1 unspecified atom stereocenters. The Hall–Kier alpha value is -3.94. The summed E-state index contributed by atoms with van der Waals surface area (Å²) in [5, 5.41) is 7.51. The van der Waals surface area contributed by atoms with Gasteiger partial charge in [0.2, 0.25) is 0 Å². The van der Waals surface area contributed by atoms with E-state index in [1.54, 1.807) is 7.11 Å². The van der Waals surface area contributed by atoms with Gasteiger partial charge in [-0.25, -0.2) is 9.97 Å². The van der Waals surface area contributed by atoms with Crippen LogP contribution in [0.15, 0.2) is 58.6 Å². The van der Waals surface area contributed by atoms with E-state index in [1.807, 2.05) is 69.5 Å². The fourth-order valence-corrected chi connectivity index (χ4v) is 4.73. The van der Waals surface area contributed by atoms with E-state index in [4.69, 9.17) is 19.4 Å². The maximum absolute atomic E-state index is 12.2. The van der Waals surface area contributed by atoms with Gasteiger partial charge >= 0.3 is 0 Å². The monoisotopic (exact) mass is 499 g/mol. The zero-order chi connectivity index (χ0) is 26.0. The molecule has 0 radical (unpaired) electrons. The summed E-state index contributed by atoms with van der Waals surface area (Å²) >= 11 is 0. The standard InChI is InChI=1S/C29H33N5O3/c1-29(2,3)34-26(35)17-37-23-7-5-6-18(13-23)27-32-25-11-10-22(36-4)14-24(25)28(33-27)31-21-9-8-19-15-30-16-20(19)12-21/h5-7,10-11,13-14,16,21H,8-9,12,15,17H2,1-4H3,(H,34,35)(H,31,32,33). The molecular formula is C29H33N5O3. The quantitative estimate of drug-likeness (QED) is 0.478. The van der Waals surface area contributed by atoms with Crippen LogP contribution in [0.2, 0.25) is 0 Å². The number of carbonyl (C=O) groups excluding carboxylic acids is 1. The minimum absolute atomic E-state index is 0.0608. The first-order valence-corrected chi connectivity index (χ1v) is 12.6. The second-order valence-electron chi connectivity index (χ2n) is 10.6. The fraction of sp³-hybridized carbons (Fsp3) is 0.379. The SMILES string of the molecule is COc1ccc2nc(-c3cccc(OCC(=O)NC(C)(C)C)c3)nc(NC3CCC4=C(C=NC4)C3)c2c1. The number of hydrogen-bond donors (Lipinski definition) is 2. The van der Waals surface area contributed by atoms with Crippen molar-refractivity contribution >= 4 is 28.8 Å². The molecule has 0 bridgehead atoms. The molecule has 0 fully saturated rings. The highest BCUT2D eigenvalue weighted by Crippen LogP contribution is 2.33. The number of fused-ring (bicyclic) bond motifs is 1. The lowest BCUT2D eigenvalue weighted by Gasteiger charge is -2.25. The maximum atomic E-state index is 12.2. The number of carbonyl (C=O) groups is 1. The average molecular weight is 500 g/mol. The Kier molecular flexibility index (Phi) is 6.82. The third-order valence-corrected chi connectivity index (χ3v) is 6.46. The maximum Gasteiger partial charge on any atom is 0.258 e. The predicted octanol–water partition coefficient (Wildman–Crippen LogP) is 4.94. The van der Waals surface area contributed by atoms with Gasteiger partial charge in [-0.1, -0.05) is 12.1 Å². The molecular weight excluding hydrogens is 466 g/mol. The molecule has 37 heavy (non-hydrogen) atoms.